The molecule has 0 saturated heterocycles. The molecule has 0 aliphatic rings. The lowest BCUT2D eigenvalue weighted by Gasteiger charge is -2.15. The normalized spacial score (nSPS) is 11.3. The summed E-state index contributed by atoms with van der Waals surface area (Å²) >= 11 is 5.78. The molecule has 21 heavy (non-hydrogen) atoms. The first-order chi connectivity index (χ1) is 9.87. The molecule has 0 fully saturated rings. The molecular formula is C14H10ClF4NO. The Kier molecular flexibility index (Phi) is 4.57. The Morgan fingerprint density at radius 3 is 2.48 bits per heavy atom. The second kappa shape index (κ2) is 6.22. The summed E-state index contributed by atoms with van der Waals surface area (Å²) < 4.78 is 54.0. The molecule has 1 N–H and O–H groups in total. The number of ether oxygens (including phenoxy) is 1. The van der Waals surface area contributed by atoms with Crippen LogP contribution in [-0.4, -0.2) is 6.36 Å². The van der Waals surface area contributed by atoms with Crippen molar-refractivity contribution in [3.63, 3.8) is 0 Å². The summed E-state index contributed by atoms with van der Waals surface area (Å²) in [5.41, 5.74) is 0.564. The molecule has 2 rings (SSSR count). The van der Waals surface area contributed by atoms with E-state index in [4.69, 9.17) is 11.6 Å². The van der Waals surface area contributed by atoms with E-state index in [-0.39, 0.29) is 23.0 Å². The molecule has 0 unspecified atom stereocenters. The van der Waals surface area contributed by atoms with Crippen LogP contribution in [-0.2, 0) is 6.54 Å². The summed E-state index contributed by atoms with van der Waals surface area (Å²) in [7, 11) is 0. The van der Waals surface area contributed by atoms with Crippen molar-refractivity contribution >= 4 is 17.3 Å². The monoisotopic (exact) mass is 319 g/mol. The molecule has 0 bridgehead atoms. The van der Waals surface area contributed by atoms with Gasteiger partial charge in [-0.1, -0.05) is 35.9 Å². The molecule has 0 aromatic heterocycles. The quantitative estimate of drug-likeness (QED) is 0.802. The minimum atomic E-state index is -4.78. The maximum atomic E-state index is 13.3. The number of halogens is 5. The molecule has 0 amide bonds. The molecule has 7 heteroatoms. The summed E-state index contributed by atoms with van der Waals surface area (Å²) in [6.45, 7) is 0.0643. The van der Waals surface area contributed by atoms with Gasteiger partial charge in [0, 0.05) is 6.54 Å². The number of alkyl halides is 3. The molecule has 0 aliphatic heterocycles. The van der Waals surface area contributed by atoms with Gasteiger partial charge in [0.15, 0.2) is 5.75 Å². The Balaban J connectivity index is 2.15. The van der Waals surface area contributed by atoms with Crippen LogP contribution in [0.4, 0.5) is 23.2 Å². The van der Waals surface area contributed by atoms with Crippen molar-refractivity contribution in [2.45, 2.75) is 12.9 Å². The zero-order chi connectivity index (χ0) is 15.5. The number of anilines is 1. The van der Waals surface area contributed by atoms with Crippen LogP contribution in [0.3, 0.4) is 0 Å². The van der Waals surface area contributed by atoms with Crippen LogP contribution in [0.15, 0.2) is 42.5 Å². The van der Waals surface area contributed by atoms with E-state index in [1.807, 2.05) is 0 Å². The highest BCUT2D eigenvalue weighted by molar-refractivity contribution is 6.31. The third-order valence-electron chi connectivity index (χ3n) is 2.61. The van der Waals surface area contributed by atoms with Gasteiger partial charge >= 0.3 is 6.36 Å². The van der Waals surface area contributed by atoms with Crippen molar-refractivity contribution < 1.29 is 22.3 Å². The largest absolute Gasteiger partial charge is 0.573 e. The second-order valence-electron chi connectivity index (χ2n) is 4.11. The van der Waals surface area contributed by atoms with Gasteiger partial charge in [-0.05, 0) is 23.8 Å². The molecule has 0 heterocycles. The van der Waals surface area contributed by atoms with Crippen LogP contribution in [0.1, 0.15) is 5.56 Å². The highest BCUT2D eigenvalue weighted by Crippen LogP contribution is 2.30. The fourth-order valence-electron chi connectivity index (χ4n) is 1.70. The molecule has 0 spiro atoms. The summed E-state index contributed by atoms with van der Waals surface area (Å²) in [5, 5.41) is 2.67. The Morgan fingerprint density at radius 2 is 1.76 bits per heavy atom. The zero-order valence-electron chi connectivity index (χ0n) is 10.5. The number of hydrogen-bond donors (Lipinski definition) is 1. The van der Waals surface area contributed by atoms with E-state index < -0.39 is 12.2 Å². The van der Waals surface area contributed by atoms with Gasteiger partial charge in [0.25, 0.3) is 0 Å². The summed E-state index contributed by atoms with van der Waals surface area (Å²) in [5.74, 6) is -0.951. The number of nitrogens with one attached hydrogen (secondary N) is 1. The van der Waals surface area contributed by atoms with E-state index >= 15 is 0 Å². The molecular weight excluding hydrogens is 310 g/mol. The van der Waals surface area contributed by atoms with Crippen molar-refractivity contribution in [3.8, 4) is 5.75 Å². The minimum Gasteiger partial charge on any atom is -0.404 e. The van der Waals surface area contributed by atoms with Crippen molar-refractivity contribution in [1.29, 1.82) is 0 Å². The minimum absolute atomic E-state index is 0.0643. The maximum absolute atomic E-state index is 13.3. The Morgan fingerprint density at radius 1 is 1.05 bits per heavy atom. The summed E-state index contributed by atoms with van der Waals surface area (Å²) in [6, 6.07) is 9.83. The van der Waals surface area contributed by atoms with Crippen molar-refractivity contribution in [2.24, 2.45) is 0 Å². The molecule has 2 aromatic carbocycles. The lowest BCUT2D eigenvalue weighted by molar-refractivity contribution is -0.274. The van der Waals surface area contributed by atoms with E-state index in [1.165, 1.54) is 30.3 Å². The Bertz CT molecular complexity index is 631. The highest BCUT2D eigenvalue weighted by atomic mass is 35.5. The molecule has 2 nitrogen and oxygen atoms in total. The smallest absolute Gasteiger partial charge is 0.404 e. The van der Waals surface area contributed by atoms with Gasteiger partial charge in [-0.3, -0.25) is 0 Å². The van der Waals surface area contributed by atoms with E-state index in [1.54, 1.807) is 12.1 Å². The lowest BCUT2D eigenvalue weighted by atomic mass is 10.2. The van der Waals surface area contributed by atoms with E-state index in [0.29, 0.717) is 5.56 Å². The standard InChI is InChI=1S/C14H10ClF4NO/c15-13-9(4-3-5-10(13)16)8-20-11-6-1-2-7-12(11)21-14(17,18)19/h1-7,20H,8H2. The SMILES string of the molecule is Fc1cccc(CNc2ccccc2OC(F)(F)F)c1Cl. The molecule has 0 atom stereocenters. The van der Waals surface area contributed by atoms with Crippen molar-refractivity contribution in [2.75, 3.05) is 5.32 Å². The third-order valence-corrected chi connectivity index (χ3v) is 3.04. The van der Waals surface area contributed by atoms with E-state index in [0.717, 1.165) is 0 Å². The van der Waals surface area contributed by atoms with Gasteiger partial charge < -0.3 is 10.1 Å². The fourth-order valence-corrected chi connectivity index (χ4v) is 1.89. The van der Waals surface area contributed by atoms with E-state index in [9.17, 15) is 17.6 Å². The first-order valence-electron chi connectivity index (χ1n) is 5.88. The zero-order valence-corrected chi connectivity index (χ0v) is 11.3. The average Bonchev–Trinajstić information content (AvgIpc) is 2.40. The van der Waals surface area contributed by atoms with Gasteiger partial charge in [0.2, 0.25) is 0 Å². The van der Waals surface area contributed by atoms with Gasteiger partial charge in [0.05, 0.1) is 10.7 Å². The van der Waals surface area contributed by atoms with Gasteiger partial charge in [-0.25, -0.2) is 4.39 Å². The number of rotatable bonds is 4. The van der Waals surface area contributed by atoms with Crippen LogP contribution in [0, 0.1) is 5.82 Å². The van der Waals surface area contributed by atoms with E-state index in [2.05, 4.69) is 10.1 Å². The van der Waals surface area contributed by atoms with Gasteiger partial charge in [0.1, 0.15) is 5.82 Å². The van der Waals surface area contributed by atoms with Crippen LogP contribution >= 0.6 is 11.6 Å². The average molecular weight is 320 g/mol. The maximum Gasteiger partial charge on any atom is 0.573 e. The molecule has 0 saturated carbocycles. The van der Waals surface area contributed by atoms with Crippen LogP contribution in [0.2, 0.25) is 5.02 Å². The first kappa shape index (κ1) is 15.4. The Labute approximate surface area is 123 Å². The van der Waals surface area contributed by atoms with Crippen LogP contribution in [0.25, 0.3) is 0 Å². The number of hydrogen-bond acceptors (Lipinski definition) is 2. The molecule has 112 valence electrons. The number of para-hydroxylation sites is 2. The summed E-state index contributed by atoms with van der Waals surface area (Å²) in [6.07, 6.45) is -4.78. The predicted molar refractivity (Wildman–Crippen MR) is 71.9 cm³/mol. The molecule has 2 aromatic rings. The first-order valence-corrected chi connectivity index (χ1v) is 6.26. The topological polar surface area (TPSA) is 21.3 Å². The van der Waals surface area contributed by atoms with Gasteiger partial charge in [-0.2, -0.15) is 0 Å². The highest BCUT2D eigenvalue weighted by Gasteiger charge is 2.32. The molecule has 0 radical (unpaired) electrons. The lowest BCUT2D eigenvalue weighted by Crippen LogP contribution is -2.18. The second-order valence-corrected chi connectivity index (χ2v) is 4.49. The predicted octanol–water partition coefficient (Wildman–Crippen LogP) is 4.99. The molecule has 0 aliphatic carbocycles. The van der Waals surface area contributed by atoms with Crippen molar-refractivity contribution in [1.82, 2.24) is 0 Å². The van der Waals surface area contributed by atoms with Crippen LogP contribution in [0.5, 0.6) is 5.75 Å². The van der Waals surface area contributed by atoms with Crippen LogP contribution < -0.4 is 10.1 Å². The summed E-state index contributed by atoms with van der Waals surface area (Å²) in [4.78, 5) is 0. The number of benzene rings is 2. The van der Waals surface area contributed by atoms with Gasteiger partial charge in [-0.15, -0.1) is 13.2 Å². The third kappa shape index (κ3) is 4.26. The van der Waals surface area contributed by atoms with Crippen molar-refractivity contribution in [3.05, 3.63) is 58.9 Å². The fraction of sp³-hybridized carbons (Fsp3) is 0.143. The Hall–Kier alpha value is -1.95.